The van der Waals surface area contributed by atoms with Gasteiger partial charge in [-0.25, -0.2) is 0 Å². The fourth-order valence-corrected chi connectivity index (χ4v) is 7.32. The predicted molar refractivity (Wildman–Crippen MR) is 147 cm³/mol. The van der Waals surface area contributed by atoms with E-state index in [2.05, 4.69) is 73.3 Å². The normalized spacial score (nSPS) is 33.8. The smallest absolute Gasteiger partial charge is 0.00852 e. The summed E-state index contributed by atoms with van der Waals surface area (Å²) in [6.45, 7) is 24.6. The molecule has 6 atom stereocenters. The van der Waals surface area contributed by atoms with E-state index in [1.54, 1.807) is 0 Å². The standard InChI is InChI=1S/C22H36.C8H16.C2H6/c1-6-14-22(5)18(16(3)7-2)12-13-19-20(22)11-10-17-9-8-15-21(17,19)4;1-4-5-6-7-8(2)3;1-2/h7,13,16-18,20H,2,6,8-12,14-15H2,1,3-5H3;7H,4-6H2,1-3H3;1-2H3. The van der Waals surface area contributed by atoms with E-state index in [1.807, 2.05) is 19.4 Å². The average Bonchev–Trinajstić information content (AvgIpc) is 3.17. The first-order valence-electron chi connectivity index (χ1n) is 14.2. The van der Waals surface area contributed by atoms with Crippen molar-refractivity contribution in [1.82, 2.24) is 0 Å². The lowest BCUT2D eigenvalue weighted by Crippen LogP contribution is -2.48. The maximum atomic E-state index is 4.11. The quantitative estimate of drug-likeness (QED) is 0.271. The van der Waals surface area contributed by atoms with Crippen molar-refractivity contribution in [2.45, 2.75) is 133 Å². The number of hydrogen-bond donors (Lipinski definition) is 0. The van der Waals surface area contributed by atoms with E-state index in [-0.39, 0.29) is 0 Å². The molecule has 0 aliphatic heterocycles. The Labute approximate surface area is 203 Å². The zero-order valence-electron chi connectivity index (χ0n) is 23.5. The highest BCUT2D eigenvalue weighted by Crippen LogP contribution is 2.64. The van der Waals surface area contributed by atoms with Crippen LogP contribution in [0.3, 0.4) is 0 Å². The molecule has 0 spiro atoms. The van der Waals surface area contributed by atoms with Gasteiger partial charge in [0.15, 0.2) is 0 Å². The van der Waals surface area contributed by atoms with E-state index in [0.29, 0.717) is 16.7 Å². The molecule has 3 aliphatic rings. The SMILES string of the molecule is C=CC(C)C1CC=C2C(CCC3CCCC23C)C1(C)CCC.CC.CCCCC=C(C)C. The lowest BCUT2D eigenvalue weighted by Gasteiger charge is -2.56. The molecular weight excluding hydrogens is 384 g/mol. The van der Waals surface area contributed by atoms with Gasteiger partial charge in [0.1, 0.15) is 0 Å². The number of unbranched alkanes of at least 4 members (excludes halogenated alkanes) is 2. The zero-order chi connectivity index (χ0) is 24.4. The minimum Gasteiger partial charge on any atom is -0.103 e. The van der Waals surface area contributed by atoms with Gasteiger partial charge in [-0.1, -0.05) is 104 Å². The maximum Gasteiger partial charge on any atom is -0.00852 e. The second-order valence-corrected chi connectivity index (χ2v) is 11.4. The molecule has 3 rings (SSSR count). The average molecular weight is 443 g/mol. The molecule has 186 valence electrons. The van der Waals surface area contributed by atoms with Crippen molar-refractivity contribution in [3.8, 4) is 0 Å². The van der Waals surface area contributed by atoms with Crippen LogP contribution in [-0.2, 0) is 0 Å². The van der Waals surface area contributed by atoms with Crippen LogP contribution in [0.25, 0.3) is 0 Å². The van der Waals surface area contributed by atoms with Crippen LogP contribution in [0, 0.1) is 34.5 Å². The van der Waals surface area contributed by atoms with Crippen LogP contribution >= 0.6 is 0 Å². The van der Waals surface area contributed by atoms with E-state index < -0.39 is 0 Å². The molecule has 2 fully saturated rings. The highest BCUT2D eigenvalue weighted by Gasteiger charge is 2.54. The van der Waals surface area contributed by atoms with Crippen LogP contribution in [0.5, 0.6) is 0 Å². The molecule has 0 aromatic heterocycles. The minimum atomic E-state index is 0.489. The second-order valence-electron chi connectivity index (χ2n) is 11.4. The molecule has 0 heteroatoms. The Bertz CT molecular complexity index is 604. The van der Waals surface area contributed by atoms with Crippen LogP contribution in [0.2, 0.25) is 0 Å². The van der Waals surface area contributed by atoms with Crippen molar-refractivity contribution >= 4 is 0 Å². The molecule has 0 aromatic rings. The molecule has 0 aromatic carbocycles. The second kappa shape index (κ2) is 13.8. The molecule has 6 unspecified atom stereocenters. The van der Waals surface area contributed by atoms with Crippen LogP contribution in [0.15, 0.2) is 36.0 Å². The molecule has 0 radical (unpaired) electrons. The molecule has 0 amide bonds. The summed E-state index contributed by atoms with van der Waals surface area (Å²) in [5.41, 5.74) is 4.35. The lowest BCUT2D eigenvalue weighted by atomic mass is 9.48. The van der Waals surface area contributed by atoms with E-state index in [4.69, 9.17) is 0 Å². The highest BCUT2D eigenvalue weighted by atomic mass is 14.6. The van der Waals surface area contributed by atoms with Crippen LogP contribution in [0.1, 0.15) is 133 Å². The van der Waals surface area contributed by atoms with Gasteiger partial charge >= 0.3 is 0 Å². The van der Waals surface area contributed by atoms with Gasteiger partial charge < -0.3 is 0 Å². The summed E-state index contributed by atoms with van der Waals surface area (Å²) in [5.74, 6) is 3.26. The first-order chi connectivity index (χ1) is 15.2. The van der Waals surface area contributed by atoms with Crippen molar-refractivity contribution in [3.63, 3.8) is 0 Å². The fourth-order valence-electron chi connectivity index (χ4n) is 7.32. The predicted octanol–water partition coefficient (Wildman–Crippen LogP) is 10.9. The Morgan fingerprint density at radius 1 is 1.12 bits per heavy atom. The summed E-state index contributed by atoms with van der Waals surface area (Å²) in [4.78, 5) is 0. The van der Waals surface area contributed by atoms with Crippen molar-refractivity contribution in [3.05, 3.63) is 36.0 Å². The van der Waals surface area contributed by atoms with Gasteiger partial charge in [-0.3, -0.25) is 0 Å². The molecular formula is C32H58. The molecule has 0 heterocycles. The van der Waals surface area contributed by atoms with E-state index >= 15 is 0 Å². The molecule has 2 saturated carbocycles. The van der Waals surface area contributed by atoms with Gasteiger partial charge in [-0.05, 0) is 93.3 Å². The van der Waals surface area contributed by atoms with Crippen LogP contribution in [-0.4, -0.2) is 0 Å². The van der Waals surface area contributed by atoms with Gasteiger partial charge in [0.25, 0.3) is 0 Å². The number of allylic oxidation sites excluding steroid dienone is 5. The van der Waals surface area contributed by atoms with E-state index in [0.717, 1.165) is 17.8 Å². The Hall–Kier alpha value is -0.780. The van der Waals surface area contributed by atoms with Gasteiger partial charge in [-0.15, -0.1) is 6.58 Å². The molecule has 0 bridgehead atoms. The van der Waals surface area contributed by atoms with Gasteiger partial charge in [-0.2, -0.15) is 0 Å². The molecule has 0 saturated heterocycles. The third-order valence-corrected chi connectivity index (χ3v) is 9.13. The van der Waals surface area contributed by atoms with Crippen molar-refractivity contribution in [2.24, 2.45) is 34.5 Å². The van der Waals surface area contributed by atoms with Crippen molar-refractivity contribution < 1.29 is 0 Å². The largest absolute Gasteiger partial charge is 0.103 e. The Kier molecular flexibility index (Phi) is 12.6. The van der Waals surface area contributed by atoms with Crippen LogP contribution in [0.4, 0.5) is 0 Å². The van der Waals surface area contributed by atoms with E-state index in [1.165, 1.54) is 76.2 Å². The highest BCUT2D eigenvalue weighted by molar-refractivity contribution is 5.29. The Morgan fingerprint density at radius 3 is 2.38 bits per heavy atom. The summed E-state index contributed by atoms with van der Waals surface area (Å²) in [6.07, 6.45) is 22.4. The third kappa shape index (κ3) is 6.64. The number of fused-ring (bicyclic) bond motifs is 3. The molecule has 3 aliphatic carbocycles. The Morgan fingerprint density at radius 2 is 1.81 bits per heavy atom. The summed E-state index contributed by atoms with van der Waals surface area (Å²) in [6, 6.07) is 0. The zero-order valence-corrected chi connectivity index (χ0v) is 23.5. The topological polar surface area (TPSA) is 0 Å². The fraction of sp³-hybridized carbons (Fsp3) is 0.812. The summed E-state index contributed by atoms with van der Waals surface area (Å²) in [5, 5.41) is 0. The first kappa shape index (κ1) is 29.3. The van der Waals surface area contributed by atoms with Gasteiger partial charge in [0, 0.05) is 0 Å². The van der Waals surface area contributed by atoms with E-state index in [9.17, 15) is 0 Å². The monoisotopic (exact) mass is 442 g/mol. The third-order valence-electron chi connectivity index (χ3n) is 9.13. The van der Waals surface area contributed by atoms with Gasteiger partial charge in [0.05, 0.1) is 0 Å². The maximum absolute atomic E-state index is 4.11. The lowest BCUT2D eigenvalue weighted by molar-refractivity contribution is 0.0157. The summed E-state index contributed by atoms with van der Waals surface area (Å²) in [7, 11) is 0. The number of rotatable bonds is 7. The van der Waals surface area contributed by atoms with Crippen molar-refractivity contribution in [1.29, 1.82) is 0 Å². The number of hydrogen-bond acceptors (Lipinski definition) is 0. The molecule has 32 heavy (non-hydrogen) atoms. The minimum absolute atomic E-state index is 0.489. The molecule has 0 N–H and O–H groups in total. The summed E-state index contributed by atoms with van der Waals surface area (Å²) < 4.78 is 0. The summed E-state index contributed by atoms with van der Waals surface area (Å²) >= 11 is 0. The molecule has 0 nitrogen and oxygen atoms in total. The first-order valence-corrected chi connectivity index (χ1v) is 14.2. The van der Waals surface area contributed by atoms with Gasteiger partial charge in [0.2, 0.25) is 0 Å². The van der Waals surface area contributed by atoms with Crippen LogP contribution < -0.4 is 0 Å². The Balaban J connectivity index is 0.000000436. The van der Waals surface area contributed by atoms with Crippen molar-refractivity contribution in [2.75, 3.05) is 0 Å².